The molecule has 0 unspecified atom stereocenters. The third-order valence-corrected chi connectivity index (χ3v) is 7.14. The first kappa shape index (κ1) is 25.4. The first-order chi connectivity index (χ1) is 17.9. The Morgan fingerprint density at radius 2 is 1.65 bits per heavy atom. The topological polar surface area (TPSA) is 95.0 Å². The Morgan fingerprint density at radius 3 is 2.27 bits per heavy atom. The molecule has 9 nitrogen and oxygen atoms in total. The van der Waals surface area contributed by atoms with Gasteiger partial charge in [0.05, 0.1) is 43.9 Å². The fourth-order valence-corrected chi connectivity index (χ4v) is 5.15. The van der Waals surface area contributed by atoms with Gasteiger partial charge in [-0.1, -0.05) is 12.1 Å². The molecule has 0 atom stereocenters. The van der Waals surface area contributed by atoms with Crippen LogP contribution in [0.2, 0.25) is 0 Å². The summed E-state index contributed by atoms with van der Waals surface area (Å²) in [6, 6.07) is 10.8. The van der Waals surface area contributed by atoms with E-state index in [4.69, 9.17) is 31.2 Å². The number of aromatic amines is 1. The summed E-state index contributed by atoms with van der Waals surface area (Å²) in [6.45, 7) is 7.39. The van der Waals surface area contributed by atoms with Crippen molar-refractivity contribution < 1.29 is 23.7 Å². The summed E-state index contributed by atoms with van der Waals surface area (Å²) < 4.78 is 24.7. The molecule has 3 aromatic rings. The van der Waals surface area contributed by atoms with Gasteiger partial charge in [-0.3, -0.25) is 14.2 Å². The molecule has 2 aromatic carbocycles. The van der Waals surface area contributed by atoms with Crippen LogP contribution in [-0.4, -0.2) is 65.7 Å². The summed E-state index contributed by atoms with van der Waals surface area (Å²) in [6.07, 6.45) is 1.35. The number of piperidine rings is 1. The summed E-state index contributed by atoms with van der Waals surface area (Å²) >= 11 is 5.51. The lowest BCUT2D eigenvalue weighted by molar-refractivity contribution is -0.181. The molecule has 2 fully saturated rings. The van der Waals surface area contributed by atoms with Crippen LogP contribution < -0.4 is 15.0 Å². The van der Waals surface area contributed by atoms with Crippen LogP contribution in [0.3, 0.4) is 0 Å². The molecule has 3 heterocycles. The quantitative estimate of drug-likeness (QED) is 0.468. The summed E-state index contributed by atoms with van der Waals surface area (Å²) in [5, 5.41) is 0.463. The van der Waals surface area contributed by atoms with Crippen LogP contribution in [0.15, 0.2) is 41.2 Å². The number of benzene rings is 2. The van der Waals surface area contributed by atoms with Crippen LogP contribution in [0.1, 0.15) is 42.6 Å². The van der Waals surface area contributed by atoms with E-state index >= 15 is 0 Å². The average Bonchev–Trinajstić information content (AvgIpc) is 3.36. The van der Waals surface area contributed by atoms with Crippen molar-refractivity contribution in [3.8, 4) is 11.5 Å². The van der Waals surface area contributed by atoms with E-state index < -0.39 is 5.79 Å². The molecule has 2 saturated heterocycles. The van der Waals surface area contributed by atoms with Crippen molar-refractivity contribution in [2.75, 3.05) is 39.5 Å². The minimum atomic E-state index is -0.513. The van der Waals surface area contributed by atoms with Crippen LogP contribution in [0.5, 0.6) is 11.5 Å². The summed E-state index contributed by atoms with van der Waals surface area (Å²) in [4.78, 5) is 31.4. The number of amides is 1. The molecule has 1 aromatic heterocycles. The van der Waals surface area contributed by atoms with Gasteiger partial charge >= 0.3 is 0 Å². The van der Waals surface area contributed by atoms with Crippen molar-refractivity contribution in [2.45, 2.75) is 39.0 Å². The molecule has 37 heavy (non-hydrogen) atoms. The Balaban J connectivity index is 1.34. The predicted octanol–water partition coefficient (Wildman–Crippen LogP) is 3.88. The maximum atomic E-state index is 13.4. The number of nitrogens with one attached hydrogen (secondary N) is 1. The number of hydrogen-bond donors (Lipinski definition) is 1. The average molecular weight is 526 g/mol. The van der Waals surface area contributed by atoms with E-state index in [0.29, 0.717) is 85.1 Å². The number of aromatic nitrogens is 2. The Hall–Kier alpha value is -3.21. The lowest BCUT2D eigenvalue weighted by Crippen LogP contribution is -2.47. The second-order valence-corrected chi connectivity index (χ2v) is 9.52. The van der Waals surface area contributed by atoms with Gasteiger partial charge in [-0.25, -0.2) is 0 Å². The number of ether oxygens (including phenoxy) is 4. The molecular formula is C27H31N3O6S. The van der Waals surface area contributed by atoms with E-state index in [9.17, 15) is 9.59 Å². The standard InChI is InChI=1S/C27H31N3O6S/c1-3-33-22-15-20-21(16-23(22)34-4-2)28-26(37)30(25(20)32)17-18-5-7-19(8-6-18)24(31)29-11-9-27(10-12-29)35-13-14-36-27/h5-8,15-16H,3-4,9-14,17H2,1-2H3,(H,28,37). The van der Waals surface area contributed by atoms with Crippen molar-refractivity contribution in [3.63, 3.8) is 0 Å². The fraction of sp³-hybridized carbons (Fsp3) is 0.444. The number of carbonyl (C=O) groups excluding carboxylic acids is 1. The monoisotopic (exact) mass is 525 g/mol. The van der Waals surface area contributed by atoms with Gasteiger partial charge in [0, 0.05) is 37.6 Å². The number of nitrogens with zero attached hydrogens (tertiary/aromatic N) is 2. The molecule has 0 bridgehead atoms. The first-order valence-corrected chi connectivity index (χ1v) is 13.1. The van der Waals surface area contributed by atoms with Crippen LogP contribution in [0.4, 0.5) is 0 Å². The van der Waals surface area contributed by atoms with E-state index in [1.165, 1.54) is 4.57 Å². The van der Waals surface area contributed by atoms with Gasteiger partial charge in [0.2, 0.25) is 0 Å². The van der Waals surface area contributed by atoms with Gasteiger partial charge in [0.25, 0.3) is 11.5 Å². The molecule has 0 aliphatic carbocycles. The smallest absolute Gasteiger partial charge is 0.262 e. The van der Waals surface area contributed by atoms with Crippen LogP contribution in [0.25, 0.3) is 10.9 Å². The predicted molar refractivity (Wildman–Crippen MR) is 141 cm³/mol. The Labute approximate surface area is 219 Å². The maximum Gasteiger partial charge on any atom is 0.262 e. The molecule has 0 radical (unpaired) electrons. The second-order valence-electron chi connectivity index (χ2n) is 9.13. The fourth-order valence-electron chi connectivity index (χ4n) is 4.89. The molecule has 0 saturated carbocycles. The Morgan fingerprint density at radius 1 is 1.03 bits per heavy atom. The molecule has 5 rings (SSSR count). The minimum Gasteiger partial charge on any atom is -0.490 e. The largest absolute Gasteiger partial charge is 0.490 e. The molecule has 2 aliphatic heterocycles. The second kappa shape index (κ2) is 10.6. The zero-order chi connectivity index (χ0) is 26.0. The highest BCUT2D eigenvalue weighted by Gasteiger charge is 2.40. The van der Waals surface area contributed by atoms with Gasteiger partial charge in [-0.15, -0.1) is 0 Å². The zero-order valence-electron chi connectivity index (χ0n) is 21.1. The summed E-state index contributed by atoms with van der Waals surface area (Å²) in [5.74, 6) is 0.546. The highest BCUT2D eigenvalue weighted by atomic mass is 32.1. The van der Waals surface area contributed by atoms with Crippen molar-refractivity contribution in [3.05, 3.63) is 62.6 Å². The van der Waals surface area contributed by atoms with Crippen LogP contribution in [-0.2, 0) is 16.0 Å². The Kier molecular flexibility index (Phi) is 7.32. The van der Waals surface area contributed by atoms with Gasteiger partial charge in [-0.05, 0) is 49.8 Å². The van der Waals surface area contributed by atoms with E-state index in [0.717, 1.165) is 5.56 Å². The van der Waals surface area contributed by atoms with Gasteiger partial charge in [0.15, 0.2) is 22.1 Å². The van der Waals surface area contributed by atoms with Gasteiger partial charge in [0.1, 0.15) is 0 Å². The van der Waals surface area contributed by atoms with Gasteiger partial charge < -0.3 is 28.8 Å². The molecule has 196 valence electrons. The van der Waals surface area contributed by atoms with Crippen molar-refractivity contribution in [1.82, 2.24) is 14.5 Å². The van der Waals surface area contributed by atoms with Crippen molar-refractivity contribution >= 4 is 29.0 Å². The zero-order valence-corrected chi connectivity index (χ0v) is 21.9. The molecule has 1 spiro atoms. The Bertz CT molecular complexity index is 1400. The van der Waals surface area contributed by atoms with E-state index in [2.05, 4.69) is 4.98 Å². The number of hydrogen-bond acceptors (Lipinski definition) is 7. The van der Waals surface area contributed by atoms with Crippen LogP contribution >= 0.6 is 12.2 Å². The molecule has 1 N–H and O–H groups in total. The van der Waals surface area contributed by atoms with E-state index in [1.807, 2.05) is 30.9 Å². The van der Waals surface area contributed by atoms with E-state index in [-0.39, 0.29) is 18.0 Å². The number of carbonyl (C=O) groups is 1. The molecule has 2 aliphatic rings. The third kappa shape index (κ3) is 5.14. The SMILES string of the molecule is CCOc1cc2[nH]c(=S)n(Cc3ccc(C(=O)N4CCC5(CC4)OCCO5)cc3)c(=O)c2cc1OCC. The normalized spacial score (nSPS) is 16.9. The highest BCUT2D eigenvalue weighted by molar-refractivity contribution is 7.71. The van der Waals surface area contributed by atoms with Gasteiger partial charge in [-0.2, -0.15) is 0 Å². The van der Waals surface area contributed by atoms with Crippen molar-refractivity contribution in [1.29, 1.82) is 0 Å². The minimum absolute atomic E-state index is 0.0203. The van der Waals surface area contributed by atoms with Crippen molar-refractivity contribution in [2.24, 2.45) is 0 Å². The number of fused-ring (bicyclic) bond motifs is 1. The molecular weight excluding hydrogens is 494 g/mol. The maximum absolute atomic E-state index is 13.4. The molecule has 1 amide bonds. The van der Waals surface area contributed by atoms with E-state index in [1.54, 1.807) is 24.3 Å². The lowest BCUT2D eigenvalue weighted by Gasteiger charge is -2.37. The highest BCUT2D eigenvalue weighted by Crippen LogP contribution is 2.32. The lowest BCUT2D eigenvalue weighted by atomic mass is 10.0. The number of rotatable bonds is 7. The molecule has 10 heteroatoms. The number of H-pyrrole nitrogens is 1. The number of likely N-dealkylation sites (tertiary alicyclic amines) is 1. The summed E-state index contributed by atoms with van der Waals surface area (Å²) in [5.41, 5.74) is 1.84. The summed E-state index contributed by atoms with van der Waals surface area (Å²) in [7, 11) is 0. The third-order valence-electron chi connectivity index (χ3n) is 6.81. The first-order valence-electron chi connectivity index (χ1n) is 12.7. The van der Waals surface area contributed by atoms with Crippen LogP contribution in [0, 0.1) is 4.77 Å².